The lowest BCUT2D eigenvalue weighted by atomic mass is 10.0. The van der Waals surface area contributed by atoms with E-state index in [1.54, 1.807) is 0 Å². The molecule has 0 atom stereocenters. The van der Waals surface area contributed by atoms with Gasteiger partial charge in [0, 0.05) is 10.0 Å². The van der Waals surface area contributed by atoms with Crippen LogP contribution >= 0.6 is 27.5 Å². The summed E-state index contributed by atoms with van der Waals surface area (Å²) < 4.78 is 1.02. The summed E-state index contributed by atoms with van der Waals surface area (Å²) in [6, 6.07) is 8.05. The van der Waals surface area contributed by atoms with E-state index in [1.807, 2.05) is 32.0 Å². The van der Waals surface area contributed by atoms with Gasteiger partial charge in [0.15, 0.2) is 0 Å². The van der Waals surface area contributed by atoms with Crippen molar-refractivity contribution < 1.29 is 0 Å². The number of nitriles is 1. The van der Waals surface area contributed by atoms with Crippen molar-refractivity contribution in [3.05, 3.63) is 39.4 Å². The second-order valence-corrected chi connectivity index (χ2v) is 4.91. The molecule has 0 aliphatic carbocycles. The smallest absolute Gasteiger partial charge is 0.0962 e. The van der Waals surface area contributed by atoms with E-state index in [2.05, 4.69) is 22.0 Å². The highest BCUT2D eigenvalue weighted by Crippen LogP contribution is 2.29. The Bertz CT molecular complexity index is 457. The highest BCUT2D eigenvalue weighted by Gasteiger charge is 2.08. The van der Waals surface area contributed by atoms with Gasteiger partial charge in [0.2, 0.25) is 0 Å². The zero-order chi connectivity index (χ0) is 12.1. The van der Waals surface area contributed by atoms with Gasteiger partial charge in [-0.2, -0.15) is 5.26 Å². The highest BCUT2D eigenvalue weighted by molar-refractivity contribution is 9.10. The third kappa shape index (κ3) is 3.10. The molecule has 1 aromatic rings. The lowest BCUT2D eigenvalue weighted by Gasteiger charge is -2.07. The molecule has 0 unspecified atom stereocenters. The Labute approximate surface area is 110 Å². The minimum atomic E-state index is 0.578. The average molecular weight is 299 g/mol. The van der Waals surface area contributed by atoms with E-state index in [0.29, 0.717) is 10.6 Å². The average Bonchev–Trinajstić information content (AvgIpc) is 2.25. The van der Waals surface area contributed by atoms with Crippen LogP contribution in [0.15, 0.2) is 28.2 Å². The van der Waals surface area contributed by atoms with Crippen LogP contribution in [0.5, 0.6) is 0 Å². The SMILES string of the molecule is CCCC(C#N)=C(Cl)c1ccc(Br)cc1C. The van der Waals surface area contributed by atoms with E-state index >= 15 is 0 Å². The number of benzene rings is 1. The lowest BCUT2D eigenvalue weighted by molar-refractivity contribution is 0.933. The molecule has 0 radical (unpaired) electrons. The van der Waals surface area contributed by atoms with Crippen molar-refractivity contribution in [2.75, 3.05) is 0 Å². The van der Waals surface area contributed by atoms with Crippen LogP contribution in [0.25, 0.3) is 5.03 Å². The Morgan fingerprint density at radius 3 is 2.69 bits per heavy atom. The number of nitrogens with zero attached hydrogens (tertiary/aromatic N) is 1. The first kappa shape index (κ1) is 13.3. The number of hydrogen-bond donors (Lipinski definition) is 0. The molecule has 1 rings (SSSR count). The summed E-state index contributed by atoms with van der Waals surface area (Å²) in [4.78, 5) is 0. The van der Waals surface area contributed by atoms with Gasteiger partial charge < -0.3 is 0 Å². The fourth-order valence-corrected chi connectivity index (χ4v) is 2.32. The Hall–Kier alpha value is -0.780. The van der Waals surface area contributed by atoms with Crippen LogP contribution in [0.4, 0.5) is 0 Å². The van der Waals surface area contributed by atoms with Gasteiger partial charge in [-0.05, 0) is 36.6 Å². The maximum Gasteiger partial charge on any atom is 0.0962 e. The van der Waals surface area contributed by atoms with Crippen molar-refractivity contribution in [1.82, 2.24) is 0 Å². The quantitative estimate of drug-likeness (QED) is 0.718. The van der Waals surface area contributed by atoms with Gasteiger partial charge in [-0.25, -0.2) is 0 Å². The molecule has 0 N–H and O–H groups in total. The fourth-order valence-electron chi connectivity index (χ4n) is 1.50. The summed E-state index contributed by atoms with van der Waals surface area (Å²) in [5.41, 5.74) is 2.67. The topological polar surface area (TPSA) is 23.8 Å². The van der Waals surface area contributed by atoms with E-state index in [0.717, 1.165) is 28.4 Å². The second-order valence-electron chi connectivity index (χ2n) is 3.61. The molecule has 0 aliphatic rings. The van der Waals surface area contributed by atoms with Crippen molar-refractivity contribution >= 4 is 32.6 Å². The standard InChI is InChI=1S/C13H13BrClN/c1-3-4-10(8-16)13(15)12-6-5-11(14)7-9(12)2/h5-7H,3-4H2,1-2H3. The van der Waals surface area contributed by atoms with E-state index in [1.165, 1.54) is 0 Å². The molecule has 0 amide bonds. The zero-order valence-corrected chi connectivity index (χ0v) is 11.7. The summed E-state index contributed by atoms with van der Waals surface area (Å²) in [5.74, 6) is 0. The van der Waals surface area contributed by atoms with Crippen molar-refractivity contribution in [2.24, 2.45) is 0 Å². The normalized spacial score (nSPS) is 11.9. The number of aryl methyl sites for hydroxylation is 1. The zero-order valence-electron chi connectivity index (χ0n) is 9.35. The van der Waals surface area contributed by atoms with Gasteiger partial charge in [0.25, 0.3) is 0 Å². The first-order valence-corrected chi connectivity index (χ1v) is 6.32. The van der Waals surface area contributed by atoms with E-state index in [4.69, 9.17) is 16.9 Å². The molecule has 1 nitrogen and oxygen atoms in total. The van der Waals surface area contributed by atoms with Gasteiger partial charge >= 0.3 is 0 Å². The molecule has 0 saturated carbocycles. The van der Waals surface area contributed by atoms with Crippen LogP contribution in [-0.4, -0.2) is 0 Å². The van der Waals surface area contributed by atoms with Crippen molar-refractivity contribution in [1.29, 1.82) is 5.26 Å². The Kier molecular flexibility index (Phi) is 5.05. The minimum Gasteiger partial charge on any atom is -0.193 e. The molecule has 0 saturated heterocycles. The van der Waals surface area contributed by atoms with Crippen LogP contribution < -0.4 is 0 Å². The molecule has 1 aromatic carbocycles. The summed E-state index contributed by atoms with van der Waals surface area (Å²) in [7, 11) is 0. The van der Waals surface area contributed by atoms with Gasteiger partial charge in [0.05, 0.1) is 11.1 Å². The van der Waals surface area contributed by atoms with Gasteiger partial charge in [-0.1, -0.05) is 46.9 Å². The Morgan fingerprint density at radius 2 is 2.19 bits per heavy atom. The van der Waals surface area contributed by atoms with Crippen LogP contribution in [0.1, 0.15) is 30.9 Å². The van der Waals surface area contributed by atoms with E-state index in [-0.39, 0.29) is 0 Å². The van der Waals surface area contributed by atoms with Crippen LogP contribution in [0, 0.1) is 18.3 Å². The lowest BCUT2D eigenvalue weighted by Crippen LogP contribution is -1.89. The molecular formula is C13H13BrClN. The predicted molar refractivity (Wildman–Crippen MR) is 72.2 cm³/mol. The highest BCUT2D eigenvalue weighted by atomic mass is 79.9. The van der Waals surface area contributed by atoms with Crippen LogP contribution in [0.3, 0.4) is 0 Å². The number of halogens is 2. The Morgan fingerprint density at radius 1 is 1.50 bits per heavy atom. The molecule has 0 fully saturated rings. The van der Waals surface area contributed by atoms with Gasteiger partial charge in [-0.3, -0.25) is 0 Å². The first-order chi connectivity index (χ1) is 7.60. The summed E-state index contributed by atoms with van der Waals surface area (Å²) in [6.07, 6.45) is 1.65. The molecule has 84 valence electrons. The molecule has 0 bridgehead atoms. The number of allylic oxidation sites excluding steroid dienone is 1. The largest absolute Gasteiger partial charge is 0.193 e. The molecule has 0 heterocycles. The van der Waals surface area contributed by atoms with Crippen LogP contribution in [-0.2, 0) is 0 Å². The van der Waals surface area contributed by atoms with Crippen molar-refractivity contribution in [2.45, 2.75) is 26.7 Å². The minimum absolute atomic E-state index is 0.578. The molecule has 3 heteroatoms. The predicted octanol–water partition coefficient (Wildman–Crippen LogP) is 5.03. The monoisotopic (exact) mass is 297 g/mol. The maximum absolute atomic E-state index is 9.03. The summed E-state index contributed by atoms with van der Waals surface area (Å²) in [6.45, 7) is 4.03. The number of hydrogen-bond acceptors (Lipinski definition) is 1. The van der Waals surface area contributed by atoms with Crippen molar-refractivity contribution in [3.8, 4) is 6.07 Å². The first-order valence-electron chi connectivity index (χ1n) is 5.15. The van der Waals surface area contributed by atoms with E-state index < -0.39 is 0 Å². The molecule has 0 aliphatic heterocycles. The summed E-state index contributed by atoms with van der Waals surface area (Å²) >= 11 is 9.66. The van der Waals surface area contributed by atoms with Gasteiger partial charge in [0.1, 0.15) is 0 Å². The molecule has 0 spiro atoms. The molecule has 0 aromatic heterocycles. The third-order valence-corrected chi connectivity index (χ3v) is 3.25. The van der Waals surface area contributed by atoms with Gasteiger partial charge in [-0.15, -0.1) is 0 Å². The molecular weight excluding hydrogens is 286 g/mol. The third-order valence-electron chi connectivity index (χ3n) is 2.32. The van der Waals surface area contributed by atoms with Crippen molar-refractivity contribution in [3.63, 3.8) is 0 Å². The Balaban J connectivity index is 3.22. The number of rotatable bonds is 3. The summed E-state index contributed by atoms with van der Waals surface area (Å²) in [5, 5.41) is 9.61. The van der Waals surface area contributed by atoms with E-state index in [9.17, 15) is 0 Å². The fraction of sp³-hybridized carbons (Fsp3) is 0.308. The molecule has 16 heavy (non-hydrogen) atoms. The maximum atomic E-state index is 9.03. The second kappa shape index (κ2) is 6.08. The van der Waals surface area contributed by atoms with Crippen LogP contribution in [0.2, 0.25) is 0 Å².